The topological polar surface area (TPSA) is 84.3 Å². The molecule has 0 unspecified atom stereocenters. The van der Waals surface area contributed by atoms with Crippen LogP contribution in [0.25, 0.3) is 0 Å². The molecule has 1 aromatic carbocycles. The van der Waals surface area contributed by atoms with E-state index in [0.29, 0.717) is 6.54 Å². The predicted molar refractivity (Wildman–Crippen MR) is 80.4 cm³/mol. The van der Waals surface area contributed by atoms with Gasteiger partial charge in [0, 0.05) is 19.2 Å². The van der Waals surface area contributed by atoms with Crippen LogP contribution in [0.4, 0.5) is 5.69 Å². The molecule has 6 nitrogen and oxygen atoms in total. The molecule has 21 heavy (non-hydrogen) atoms. The van der Waals surface area contributed by atoms with Crippen molar-refractivity contribution >= 4 is 11.6 Å². The van der Waals surface area contributed by atoms with Gasteiger partial charge in [0.25, 0.3) is 11.6 Å². The summed E-state index contributed by atoms with van der Waals surface area (Å²) in [7, 11) is 0. The molecule has 0 aliphatic carbocycles. The van der Waals surface area contributed by atoms with Crippen LogP contribution < -0.4 is 10.6 Å². The number of carbonyl (C=O) groups excluding carboxylic acids is 1. The molecule has 0 saturated carbocycles. The third-order valence-electron chi connectivity index (χ3n) is 3.48. The fourth-order valence-corrected chi connectivity index (χ4v) is 2.32. The lowest BCUT2D eigenvalue weighted by Gasteiger charge is -2.14. The maximum absolute atomic E-state index is 12.1. The lowest BCUT2D eigenvalue weighted by atomic mass is 10.1. The van der Waals surface area contributed by atoms with Gasteiger partial charge in [0.15, 0.2) is 0 Å². The zero-order valence-corrected chi connectivity index (χ0v) is 12.0. The van der Waals surface area contributed by atoms with Crippen molar-refractivity contribution in [1.82, 2.24) is 10.6 Å². The highest BCUT2D eigenvalue weighted by Gasteiger charge is 2.19. The van der Waals surface area contributed by atoms with E-state index in [1.165, 1.54) is 11.6 Å². The Bertz CT molecular complexity index is 582. The van der Waals surface area contributed by atoms with Gasteiger partial charge in [-0.1, -0.05) is 17.7 Å². The van der Waals surface area contributed by atoms with Crippen LogP contribution in [0.3, 0.4) is 0 Å². The lowest BCUT2D eigenvalue weighted by molar-refractivity contribution is -0.385. The Balaban J connectivity index is 1.98. The average Bonchev–Trinajstić information content (AvgIpc) is 2.47. The van der Waals surface area contributed by atoms with E-state index in [1.54, 1.807) is 19.1 Å². The van der Waals surface area contributed by atoms with Crippen LogP contribution in [0.2, 0.25) is 0 Å². The monoisotopic (exact) mass is 289 g/mol. The largest absolute Gasteiger partial charge is 0.351 e. The minimum absolute atomic E-state index is 0.124. The average molecular weight is 289 g/mol. The first-order chi connectivity index (χ1) is 10.1. The zero-order valence-electron chi connectivity index (χ0n) is 12.0. The second-order valence-corrected chi connectivity index (χ2v) is 5.10. The van der Waals surface area contributed by atoms with E-state index < -0.39 is 4.92 Å². The van der Waals surface area contributed by atoms with Crippen LogP contribution >= 0.6 is 0 Å². The Morgan fingerprint density at radius 2 is 2.29 bits per heavy atom. The molecule has 0 spiro atoms. The summed E-state index contributed by atoms with van der Waals surface area (Å²) in [4.78, 5) is 22.6. The molecule has 112 valence electrons. The van der Waals surface area contributed by atoms with E-state index in [9.17, 15) is 14.9 Å². The first-order valence-electron chi connectivity index (χ1n) is 7.00. The summed E-state index contributed by atoms with van der Waals surface area (Å²) in [6, 6.07) is 4.56. The first kappa shape index (κ1) is 15.2. The number of hydrogen-bond acceptors (Lipinski definition) is 4. The second-order valence-electron chi connectivity index (χ2n) is 5.10. The van der Waals surface area contributed by atoms with Crippen molar-refractivity contribution in [3.63, 3.8) is 0 Å². The third-order valence-corrected chi connectivity index (χ3v) is 3.48. The summed E-state index contributed by atoms with van der Waals surface area (Å²) >= 11 is 0. The van der Waals surface area contributed by atoms with E-state index in [1.807, 2.05) is 0 Å². The number of carbonyl (C=O) groups is 1. The SMILES string of the molecule is Cc1ccc([N+](=O)[O-])c(C(=O)NCCC2=CCNCC2)c1. The molecule has 0 aromatic heterocycles. The van der Waals surface area contributed by atoms with Crippen LogP contribution in [0.1, 0.15) is 28.8 Å². The molecule has 0 radical (unpaired) electrons. The molecule has 1 heterocycles. The van der Waals surface area contributed by atoms with Crippen molar-refractivity contribution in [2.45, 2.75) is 19.8 Å². The van der Waals surface area contributed by atoms with Crippen LogP contribution in [0.15, 0.2) is 29.8 Å². The van der Waals surface area contributed by atoms with Crippen molar-refractivity contribution in [3.8, 4) is 0 Å². The number of benzene rings is 1. The standard InChI is InChI=1S/C15H19N3O3/c1-11-2-3-14(18(20)21)13(10-11)15(19)17-9-6-12-4-7-16-8-5-12/h2-4,10,16H,5-9H2,1H3,(H,17,19). The summed E-state index contributed by atoms with van der Waals surface area (Å²) in [6.45, 7) is 4.13. The second kappa shape index (κ2) is 6.99. The van der Waals surface area contributed by atoms with Gasteiger partial charge in [0.05, 0.1) is 4.92 Å². The number of hydrogen-bond donors (Lipinski definition) is 2. The number of amides is 1. The van der Waals surface area contributed by atoms with E-state index in [2.05, 4.69) is 16.7 Å². The van der Waals surface area contributed by atoms with E-state index in [4.69, 9.17) is 0 Å². The molecule has 6 heteroatoms. The summed E-state index contributed by atoms with van der Waals surface area (Å²) in [5.74, 6) is -0.389. The predicted octanol–water partition coefficient (Wildman–Crippen LogP) is 1.94. The summed E-state index contributed by atoms with van der Waals surface area (Å²) < 4.78 is 0. The van der Waals surface area contributed by atoms with Gasteiger partial charge >= 0.3 is 0 Å². The molecule has 0 fully saturated rings. The van der Waals surface area contributed by atoms with Gasteiger partial charge < -0.3 is 10.6 Å². The molecule has 2 N–H and O–H groups in total. The molecule has 1 aromatic rings. The van der Waals surface area contributed by atoms with Crippen LogP contribution in [0.5, 0.6) is 0 Å². The molecule has 0 bridgehead atoms. The highest BCUT2D eigenvalue weighted by Crippen LogP contribution is 2.19. The molecule has 2 rings (SSSR count). The van der Waals surface area contributed by atoms with Crippen molar-refractivity contribution in [2.24, 2.45) is 0 Å². The van der Waals surface area contributed by atoms with Crippen molar-refractivity contribution < 1.29 is 9.72 Å². The number of nitro benzene ring substituents is 1. The molecule has 0 atom stereocenters. The smallest absolute Gasteiger partial charge is 0.282 e. The quantitative estimate of drug-likeness (QED) is 0.493. The van der Waals surface area contributed by atoms with Crippen LogP contribution in [-0.4, -0.2) is 30.5 Å². The van der Waals surface area contributed by atoms with Crippen molar-refractivity contribution in [2.75, 3.05) is 19.6 Å². The highest BCUT2D eigenvalue weighted by atomic mass is 16.6. The normalized spacial score (nSPS) is 14.4. The van der Waals surface area contributed by atoms with Gasteiger partial charge in [-0.2, -0.15) is 0 Å². The number of aryl methyl sites for hydroxylation is 1. The van der Waals surface area contributed by atoms with Gasteiger partial charge in [0.2, 0.25) is 0 Å². The summed E-state index contributed by atoms with van der Waals surface area (Å²) in [5, 5.41) is 17.0. The fourth-order valence-electron chi connectivity index (χ4n) is 2.32. The Kier molecular flexibility index (Phi) is 5.05. The first-order valence-corrected chi connectivity index (χ1v) is 7.00. The Labute approximate surface area is 123 Å². The maximum Gasteiger partial charge on any atom is 0.282 e. The Hall–Kier alpha value is -2.21. The number of nitrogens with zero attached hydrogens (tertiary/aromatic N) is 1. The maximum atomic E-state index is 12.1. The van der Waals surface area contributed by atoms with Gasteiger partial charge in [0.1, 0.15) is 5.56 Å². The fraction of sp³-hybridized carbons (Fsp3) is 0.400. The molecule has 1 aliphatic rings. The van der Waals surface area contributed by atoms with Crippen LogP contribution in [-0.2, 0) is 0 Å². The number of nitro groups is 1. The van der Waals surface area contributed by atoms with Gasteiger partial charge in [-0.3, -0.25) is 14.9 Å². The Morgan fingerprint density at radius 3 is 2.95 bits per heavy atom. The van der Waals surface area contributed by atoms with Crippen LogP contribution in [0, 0.1) is 17.0 Å². The lowest BCUT2D eigenvalue weighted by Crippen LogP contribution is -2.27. The van der Waals surface area contributed by atoms with E-state index >= 15 is 0 Å². The molecule has 0 saturated heterocycles. The Morgan fingerprint density at radius 1 is 1.48 bits per heavy atom. The molecular weight excluding hydrogens is 270 g/mol. The number of nitrogens with one attached hydrogen (secondary N) is 2. The molecular formula is C15H19N3O3. The van der Waals surface area contributed by atoms with Gasteiger partial charge in [-0.15, -0.1) is 0 Å². The van der Waals surface area contributed by atoms with Crippen molar-refractivity contribution in [3.05, 3.63) is 51.1 Å². The zero-order chi connectivity index (χ0) is 15.2. The van der Waals surface area contributed by atoms with Crippen molar-refractivity contribution in [1.29, 1.82) is 0 Å². The van der Waals surface area contributed by atoms with Gasteiger partial charge in [-0.25, -0.2) is 0 Å². The molecule has 1 amide bonds. The van der Waals surface area contributed by atoms with E-state index in [-0.39, 0.29) is 17.2 Å². The minimum atomic E-state index is -0.524. The summed E-state index contributed by atoms with van der Waals surface area (Å²) in [6.07, 6.45) is 3.90. The number of rotatable bonds is 5. The van der Waals surface area contributed by atoms with E-state index in [0.717, 1.165) is 31.5 Å². The minimum Gasteiger partial charge on any atom is -0.351 e. The molecule has 1 aliphatic heterocycles. The summed E-state index contributed by atoms with van der Waals surface area (Å²) in [5.41, 5.74) is 2.11. The van der Waals surface area contributed by atoms with Gasteiger partial charge in [-0.05, 0) is 37.9 Å². The highest BCUT2D eigenvalue weighted by molar-refractivity contribution is 5.98. The third kappa shape index (κ3) is 4.13.